The van der Waals surface area contributed by atoms with Crippen LogP contribution in [0.3, 0.4) is 0 Å². The van der Waals surface area contributed by atoms with Gasteiger partial charge in [-0.2, -0.15) is 11.3 Å². The predicted molar refractivity (Wildman–Crippen MR) is 128 cm³/mol. The predicted octanol–water partition coefficient (Wildman–Crippen LogP) is 5.52. The van der Waals surface area contributed by atoms with Gasteiger partial charge in [0.1, 0.15) is 5.75 Å². The molecule has 0 bridgehead atoms. The number of amides is 1. The maximum atomic E-state index is 13.3. The number of hydrogen-bond donors (Lipinski definition) is 1. The van der Waals surface area contributed by atoms with Gasteiger partial charge in [0.2, 0.25) is 0 Å². The Morgan fingerprint density at radius 3 is 2.45 bits per heavy atom. The molecule has 170 valence electrons. The van der Waals surface area contributed by atoms with Gasteiger partial charge in [-0.25, -0.2) is 0 Å². The summed E-state index contributed by atoms with van der Waals surface area (Å²) in [6, 6.07) is 15.9. The molecule has 0 spiro atoms. The lowest BCUT2D eigenvalue weighted by atomic mass is 9.90. The first kappa shape index (κ1) is 22.8. The fourth-order valence-electron chi connectivity index (χ4n) is 3.93. The molecule has 0 fully saturated rings. The Labute approximate surface area is 196 Å². The normalized spacial score (nSPS) is 16.1. The van der Waals surface area contributed by atoms with Crippen LogP contribution in [-0.2, 0) is 14.3 Å². The zero-order valence-corrected chi connectivity index (χ0v) is 19.5. The Morgan fingerprint density at radius 1 is 1.09 bits per heavy atom. The van der Waals surface area contributed by atoms with E-state index in [1.54, 1.807) is 43.4 Å². The van der Waals surface area contributed by atoms with E-state index in [2.05, 4.69) is 5.38 Å². The van der Waals surface area contributed by atoms with Gasteiger partial charge in [0.25, 0.3) is 5.91 Å². The average Bonchev–Trinajstić information content (AvgIpc) is 3.45. The van der Waals surface area contributed by atoms with Crippen LogP contribution in [0.1, 0.15) is 25.5 Å². The van der Waals surface area contributed by atoms with Crippen molar-refractivity contribution in [2.24, 2.45) is 5.92 Å². The Kier molecular flexibility index (Phi) is 6.62. The van der Waals surface area contributed by atoms with E-state index in [0.717, 1.165) is 11.1 Å². The standard InChI is InChI=1S/C26H25NO5S/c1-16(2)24(28)22-23(20-6-4-5-7-21(20)32-15-31-3)27(26(30)25(22)29)19-10-8-17(9-11-19)18-12-13-33-14-18/h4-14,16,23,29H,15H2,1-3H3. The molecule has 4 rings (SSSR count). The highest BCUT2D eigenvalue weighted by molar-refractivity contribution is 7.08. The molecular formula is C26H25NO5S. The third kappa shape index (κ3) is 4.29. The Balaban J connectivity index is 1.83. The molecule has 33 heavy (non-hydrogen) atoms. The molecule has 1 aliphatic heterocycles. The zero-order valence-electron chi connectivity index (χ0n) is 18.6. The molecule has 1 N–H and O–H groups in total. The van der Waals surface area contributed by atoms with E-state index in [-0.39, 0.29) is 18.1 Å². The quantitative estimate of drug-likeness (QED) is 0.445. The molecule has 0 saturated heterocycles. The van der Waals surface area contributed by atoms with Crippen LogP contribution in [-0.4, -0.2) is 30.7 Å². The molecule has 1 amide bonds. The van der Waals surface area contributed by atoms with Gasteiger partial charge in [-0.1, -0.05) is 44.2 Å². The van der Waals surface area contributed by atoms with E-state index < -0.39 is 23.6 Å². The van der Waals surface area contributed by atoms with Gasteiger partial charge >= 0.3 is 0 Å². The van der Waals surface area contributed by atoms with E-state index in [4.69, 9.17) is 9.47 Å². The van der Waals surface area contributed by atoms with Crippen LogP contribution in [0.15, 0.2) is 76.7 Å². The third-order valence-electron chi connectivity index (χ3n) is 5.54. The molecule has 1 aromatic heterocycles. The van der Waals surface area contributed by atoms with Crippen molar-refractivity contribution in [3.05, 3.63) is 82.3 Å². The Hall–Kier alpha value is -3.42. The smallest absolute Gasteiger partial charge is 0.294 e. The first-order chi connectivity index (χ1) is 15.9. The molecule has 3 aromatic rings. The van der Waals surface area contributed by atoms with Gasteiger partial charge in [0.15, 0.2) is 18.3 Å². The summed E-state index contributed by atoms with van der Waals surface area (Å²) in [6.45, 7) is 3.50. The van der Waals surface area contributed by atoms with Gasteiger partial charge in [0, 0.05) is 24.3 Å². The average molecular weight is 464 g/mol. The van der Waals surface area contributed by atoms with Crippen molar-refractivity contribution < 1.29 is 24.2 Å². The molecule has 0 radical (unpaired) electrons. The summed E-state index contributed by atoms with van der Waals surface area (Å²) in [5.41, 5.74) is 3.35. The molecule has 1 aliphatic rings. The molecule has 6 nitrogen and oxygen atoms in total. The van der Waals surface area contributed by atoms with Crippen LogP contribution in [0.25, 0.3) is 11.1 Å². The largest absolute Gasteiger partial charge is 0.503 e. The lowest BCUT2D eigenvalue weighted by Gasteiger charge is -2.28. The second-order valence-electron chi connectivity index (χ2n) is 8.01. The van der Waals surface area contributed by atoms with Crippen molar-refractivity contribution in [2.75, 3.05) is 18.8 Å². The number of benzene rings is 2. The van der Waals surface area contributed by atoms with E-state index in [9.17, 15) is 14.7 Å². The van der Waals surface area contributed by atoms with E-state index in [1.165, 1.54) is 12.0 Å². The number of aliphatic hydroxyl groups is 1. The lowest BCUT2D eigenvalue weighted by Crippen LogP contribution is -2.31. The van der Waals surface area contributed by atoms with Crippen LogP contribution in [0.5, 0.6) is 5.75 Å². The second kappa shape index (κ2) is 9.60. The minimum absolute atomic E-state index is 0.0101. The molecule has 1 atom stereocenters. The van der Waals surface area contributed by atoms with Gasteiger partial charge < -0.3 is 14.6 Å². The van der Waals surface area contributed by atoms with Crippen molar-refractivity contribution in [1.82, 2.24) is 0 Å². The van der Waals surface area contributed by atoms with E-state index in [0.29, 0.717) is 17.0 Å². The molecular weight excluding hydrogens is 438 g/mol. The van der Waals surface area contributed by atoms with E-state index >= 15 is 0 Å². The van der Waals surface area contributed by atoms with Gasteiger partial charge in [-0.3, -0.25) is 14.5 Å². The number of thiophene rings is 1. The summed E-state index contributed by atoms with van der Waals surface area (Å²) in [7, 11) is 1.52. The summed E-state index contributed by atoms with van der Waals surface area (Å²) < 4.78 is 10.8. The SMILES string of the molecule is COCOc1ccccc1C1C(C(=O)C(C)C)=C(O)C(=O)N1c1ccc(-c2ccsc2)cc1. The number of carbonyl (C=O) groups excluding carboxylic acids is 2. The number of ether oxygens (including phenoxy) is 2. The summed E-state index contributed by atoms with van der Waals surface area (Å²) in [4.78, 5) is 27.9. The van der Waals surface area contributed by atoms with Gasteiger partial charge in [-0.15, -0.1) is 0 Å². The van der Waals surface area contributed by atoms with Crippen molar-refractivity contribution in [3.8, 4) is 16.9 Å². The van der Waals surface area contributed by atoms with Crippen molar-refractivity contribution in [1.29, 1.82) is 0 Å². The highest BCUT2D eigenvalue weighted by atomic mass is 32.1. The van der Waals surface area contributed by atoms with Gasteiger partial charge in [-0.05, 0) is 46.2 Å². The Bertz CT molecular complexity index is 1180. The summed E-state index contributed by atoms with van der Waals surface area (Å²) in [5.74, 6) is -1.35. The van der Waals surface area contributed by atoms with Crippen LogP contribution in [0.2, 0.25) is 0 Å². The zero-order chi connectivity index (χ0) is 23.5. The highest BCUT2D eigenvalue weighted by Crippen LogP contribution is 2.45. The van der Waals surface area contributed by atoms with Gasteiger partial charge in [0.05, 0.1) is 11.6 Å². The van der Waals surface area contributed by atoms with Crippen LogP contribution in [0.4, 0.5) is 5.69 Å². The van der Waals surface area contributed by atoms with Crippen LogP contribution in [0, 0.1) is 5.92 Å². The second-order valence-corrected chi connectivity index (χ2v) is 8.79. The number of rotatable bonds is 8. The van der Waals surface area contributed by atoms with Crippen LogP contribution < -0.4 is 9.64 Å². The number of Topliss-reactive ketones (excluding diaryl/α,β-unsaturated/α-hetero) is 1. The lowest BCUT2D eigenvalue weighted by molar-refractivity contribution is -0.119. The molecule has 7 heteroatoms. The fourth-order valence-corrected chi connectivity index (χ4v) is 4.60. The molecule has 1 unspecified atom stereocenters. The Morgan fingerprint density at radius 2 is 1.82 bits per heavy atom. The summed E-state index contributed by atoms with van der Waals surface area (Å²) in [6.07, 6.45) is 0. The molecule has 0 aliphatic carbocycles. The summed E-state index contributed by atoms with van der Waals surface area (Å²) >= 11 is 1.61. The minimum Gasteiger partial charge on any atom is -0.503 e. The first-order valence-electron chi connectivity index (χ1n) is 10.6. The first-order valence-corrected chi connectivity index (χ1v) is 11.5. The number of aliphatic hydroxyl groups excluding tert-OH is 1. The van der Waals surface area contributed by atoms with E-state index in [1.807, 2.05) is 41.8 Å². The van der Waals surface area contributed by atoms with Crippen molar-refractivity contribution in [3.63, 3.8) is 0 Å². The minimum atomic E-state index is -0.826. The summed E-state index contributed by atoms with van der Waals surface area (Å²) in [5, 5.41) is 14.9. The number of para-hydroxylation sites is 1. The monoisotopic (exact) mass is 463 g/mol. The number of carbonyl (C=O) groups is 2. The number of ketones is 1. The number of anilines is 1. The number of nitrogens with zero attached hydrogens (tertiary/aromatic N) is 1. The maximum Gasteiger partial charge on any atom is 0.294 e. The topological polar surface area (TPSA) is 76.1 Å². The molecule has 2 heterocycles. The highest BCUT2D eigenvalue weighted by Gasteiger charge is 2.45. The number of methoxy groups -OCH3 is 1. The molecule has 2 aromatic carbocycles. The van der Waals surface area contributed by atoms with Crippen molar-refractivity contribution >= 4 is 28.7 Å². The van der Waals surface area contributed by atoms with Crippen LogP contribution >= 0.6 is 11.3 Å². The molecule has 0 saturated carbocycles. The number of hydrogen-bond acceptors (Lipinski definition) is 6. The maximum absolute atomic E-state index is 13.3. The van der Waals surface area contributed by atoms with Crippen molar-refractivity contribution in [2.45, 2.75) is 19.9 Å². The fraction of sp³-hybridized carbons (Fsp3) is 0.231. The third-order valence-corrected chi connectivity index (χ3v) is 6.23.